The second kappa shape index (κ2) is 7.10. The number of benzene rings is 1. The predicted octanol–water partition coefficient (Wildman–Crippen LogP) is 1.68. The Morgan fingerprint density at radius 2 is 1.72 bits per heavy atom. The number of hydrogen-bond donors (Lipinski definition) is 0. The van der Waals surface area contributed by atoms with Crippen molar-refractivity contribution >= 4 is 10.0 Å². The molecule has 0 aromatic heterocycles. The molecule has 140 valence electrons. The zero-order chi connectivity index (χ0) is 18.1. The van der Waals surface area contributed by atoms with Gasteiger partial charge in [0.25, 0.3) is 0 Å². The molecule has 1 atom stereocenters. The van der Waals surface area contributed by atoms with Crippen molar-refractivity contribution in [3.8, 4) is 5.75 Å². The molecular weight excluding hydrogens is 361 g/mol. The highest BCUT2D eigenvalue weighted by Gasteiger charge is 2.33. The molecule has 2 fully saturated rings. The van der Waals surface area contributed by atoms with E-state index in [-0.39, 0.29) is 4.90 Å². The maximum absolute atomic E-state index is 12.6. The van der Waals surface area contributed by atoms with Gasteiger partial charge in [-0.15, -0.1) is 13.2 Å². The van der Waals surface area contributed by atoms with Crippen LogP contribution in [0.4, 0.5) is 13.2 Å². The van der Waals surface area contributed by atoms with E-state index in [2.05, 4.69) is 9.64 Å². The smallest absolute Gasteiger partial charge is 0.406 e. The van der Waals surface area contributed by atoms with Gasteiger partial charge in [0.2, 0.25) is 10.0 Å². The van der Waals surface area contributed by atoms with Gasteiger partial charge in [-0.3, -0.25) is 4.90 Å². The molecule has 0 amide bonds. The minimum Gasteiger partial charge on any atom is -0.406 e. The molecule has 6 nitrogen and oxygen atoms in total. The zero-order valence-electron chi connectivity index (χ0n) is 13.4. The van der Waals surface area contributed by atoms with E-state index < -0.39 is 22.1 Å². The Morgan fingerprint density at radius 1 is 1.08 bits per heavy atom. The van der Waals surface area contributed by atoms with Crippen LogP contribution in [0.5, 0.6) is 5.75 Å². The fourth-order valence-electron chi connectivity index (χ4n) is 3.08. The molecular formula is C15H19F3N2O4S. The fourth-order valence-corrected chi connectivity index (χ4v) is 4.50. The van der Waals surface area contributed by atoms with Gasteiger partial charge in [-0.2, -0.15) is 4.31 Å². The number of rotatable bonds is 4. The van der Waals surface area contributed by atoms with Gasteiger partial charge >= 0.3 is 6.36 Å². The van der Waals surface area contributed by atoms with E-state index in [0.29, 0.717) is 38.8 Å². The van der Waals surface area contributed by atoms with Crippen LogP contribution in [0.1, 0.15) is 6.42 Å². The summed E-state index contributed by atoms with van der Waals surface area (Å²) in [6, 6.07) is 4.61. The Morgan fingerprint density at radius 3 is 2.24 bits per heavy atom. The highest BCUT2D eigenvalue weighted by atomic mass is 32.2. The van der Waals surface area contributed by atoms with Crippen LogP contribution >= 0.6 is 0 Å². The average molecular weight is 380 g/mol. The largest absolute Gasteiger partial charge is 0.573 e. The van der Waals surface area contributed by atoms with Crippen LogP contribution < -0.4 is 4.74 Å². The molecule has 0 N–H and O–H groups in total. The van der Waals surface area contributed by atoms with Crippen molar-refractivity contribution in [2.45, 2.75) is 23.7 Å². The average Bonchev–Trinajstić information content (AvgIpc) is 3.08. The summed E-state index contributed by atoms with van der Waals surface area (Å²) in [4.78, 5) is 2.18. The van der Waals surface area contributed by atoms with Crippen LogP contribution in [0.15, 0.2) is 29.2 Å². The lowest BCUT2D eigenvalue weighted by molar-refractivity contribution is -0.274. The summed E-state index contributed by atoms with van der Waals surface area (Å²) in [6.07, 6.45) is -3.85. The number of piperazine rings is 1. The minimum atomic E-state index is -4.80. The first-order valence-corrected chi connectivity index (χ1v) is 9.37. The predicted molar refractivity (Wildman–Crippen MR) is 82.7 cm³/mol. The highest BCUT2D eigenvalue weighted by Crippen LogP contribution is 2.26. The second-order valence-electron chi connectivity index (χ2n) is 5.98. The zero-order valence-corrected chi connectivity index (χ0v) is 14.2. The highest BCUT2D eigenvalue weighted by molar-refractivity contribution is 7.89. The molecule has 0 spiro atoms. The molecule has 10 heteroatoms. The quantitative estimate of drug-likeness (QED) is 0.796. The van der Waals surface area contributed by atoms with Crippen LogP contribution in [0.3, 0.4) is 0 Å². The van der Waals surface area contributed by atoms with Crippen molar-refractivity contribution in [1.82, 2.24) is 9.21 Å². The lowest BCUT2D eigenvalue weighted by Gasteiger charge is -2.36. The van der Waals surface area contributed by atoms with Gasteiger partial charge < -0.3 is 9.47 Å². The summed E-state index contributed by atoms with van der Waals surface area (Å²) in [6.45, 7) is 3.33. The Bertz CT molecular complexity index is 680. The maximum atomic E-state index is 12.6. The SMILES string of the molecule is O=S(=O)(c1ccc(OC(F)(F)F)cc1)N1CCN(C2CCOC2)CC1. The first kappa shape index (κ1) is 18.4. The molecule has 0 radical (unpaired) electrons. The minimum absolute atomic E-state index is 0.0420. The van der Waals surface area contributed by atoms with Crippen molar-refractivity contribution < 1.29 is 31.1 Å². The maximum Gasteiger partial charge on any atom is 0.573 e. The van der Waals surface area contributed by atoms with Crippen molar-refractivity contribution in [3.63, 3.8) is 0 Å². The van der Waals surface area contributed by atoms with Crippen LogP contribution in [-0.4, -0.2) is 69.4 Å². The first-order valence-electron chi connectivity index (χ1n) is 7.93. The third-order valence-electron chi connectivity index (χ3n) is 4.39. The van der Waals surface area contributed by atoms with Gasteiger partial charge in [0.15, 0.2) is 0 Å². The number of hydrogen-bond acceptors (Lipinski definition) is 5. The van der Waals surface area contributed by atoms with Gasteiger partial charge in [0, 0.05) is 38.8 Å². The van der Waals surface area contributed by atoms with E-state index in [9.17, 15) is 21.6 Å². The molecule has 0 aliphatic carbocycles. The number of halogens is 3. The third kappa shape index (κ3) is 4.43. The lowest BCUT2D eigenvalue weighted by Crippen LogP contribution is -2.52. The molecule has 3 rings (SSSR count). The first-order chi connectivity index (χ1) is 11.8. The topological polar surface area (TPSA) is 59.1 Å². The summed E-state index contributed by atoms with van der Waals surface area (Å²) in [7, 11) is -3.73. The van der Waals surface area contributed by atoms with Crippen LogP contribution in [0, 0.1) is 0 Å². The van der Waals surface area contributed by atoms with Crippen molar-refractivity contribution in [3.05, 3.63) is 24.3 Å². The third-order valence-corrected chi connectivity index (χ3v) is 6.30. The molecule has 2 aliphatic rings. The Balaban J connectivity index is 1.63. The molecule has 0 bridgehead atoms. The monoisotopic (exact) mass is 380 g/mol. The van der Waals surface area contributed by atoms with E-state index in [0.717, 1.165) is 37.3 Å². The van der Waals surface area contributed by atoms with E-state index >= 15 is 0 Å². The molecule has 2 saturated heterocycles. The molecule has 1 unspecified atom stereocenters. The van der Waals surface area contributed by atoms with Crippen molar-refractivity contribution in [2.24, 2.45) is 0 Å². The van der Waals surface area contributed by atoms with E-state index in [1.54, 1.807) is 0 Å². The summed E-state index contributed by atoms with van der Waals surface area (Å²) in [5.41, 5.74) is 0. The number of nitrogens with zero attached hydrogens (tertiary/aromatic N) is 2. The van der Waals surface area contributed by atoms with Crippen LogP contribution in [-0.2, 0) is 14.8 Å². The molecule has 0 saturated carbocycles. The van der Waals surface area contributed by atoms with Crippen LogP contribution in [0.2, 0.25) is 0 Å². The van der Waals surface area contributed by atoms with Crippen molar-refractivity contribution in [1.29, 1.82) is 0 Å². The summed E-state index contributed by atoms with van der Waals surface area (Å²) < 4.78 is 72.2. The van der Waals surface area contributed by atoms with Crippen LogP contribution in [0.25, 0.3) is 0 Å². The van der Waals surface area contributed by atoms with Gasteiger partial charge in [0.1, 0.15) is 5.75 Å². The number of ether oxygens (including phenoxy) is 2. The van der Waals surface area contributed by atoms with Gasteiger partial charge in [-0.1, -0.05) is 0 Å². The van der Waals surface area contributed by atoms with Gasteiger partial charge in [-0.05, 0) is 30.7 Å². The normalized spacial score (nSPS) is 23.7. The standard InChI is InChI=1S/C15H19F3N2O4S/c16-15(17,18)24-13-1-3-14(4-2-13)25(21,22)20-8-6-19(7-9-20)12-5-10-23-11-12/h1-4,12H,5-11H2. The molecule has 1 aromatic rings. The Kier molecular flexibility index (Phi) is 5.24. The molecule has 1 aromatic carbocycles. The summed E-state index contributed by atoms with van der Waals surface area (Å²) in [5.74, 6) is -0.447. The molecule has 2 aliphatic heterocycles. The Labute approximate surface area is 144 Å². The lowest BCUT2D eigenvalue weighted by atomic mass is 10.2. The fraction of sp³-hybridized carbons (Fsp3) is 0.600. The summed E-state index contributed by atoms with van der Waals surface area (Å²) in [5, 5.41) is 0. The van der Waals surface area contributed by atoms with E-state index in [4.69, 9.17) is 4.74 Å². The van der Waals surface area contributed by atoms with Gasteiger partial charge in [-0.25, -0.2) is 8.42 Å². The molecule has 2 heterocycles. The van der Waals surface area contributed by atoms with Crippen molar-refractivity contribution in [2.75, 3.05) is 39.4 Å². The molecule has 25 heavy (non-hydrogen) atoms. The van der Waals surface area contributed by atoms with E-state index in [1.165, 1.54) is 4.31 Å². The second-order valence-corrected chi connectivity index (χ2v) is 7.91. The summed E-state index contributed by atoms with van der Waals surface area (Å²) >= 11 is 0. The Hall–Kier alpha value is -1.36. The van der Waals surface area contributed by atoms with E-state index in [1.807, 2.05) is 0 Å². The number of alkyl halides is 3. The van der Waals surface area contributed by atoms with Gasteiger partial charge in [0.05, 0.1) is 11.5 Å². The number of sulfonamides is 1.